The van der Waals surface area contributed by atoms with Gasteiger partial charge in [0.15, 0.2) is 23.2 Å². The molecule has 4 nitrogen and oxygen atoms in total. The molecule has 0 saturated heterocycles. The van der Waals surface area contributed by atoms with Crippen LogP contribution in [-0.2, 0) is 7.05 Å². The number of nitrogens with zero attached hydrogens (tertiary/aromatic N) is 2. The lowest BCUT2D eigenvalue weighted by Crippen LogP contribution is -2.00. The number of aromatic hydroxyl groups is 1. The zero-order chi connectivity index (χ0) is 12.7. The second-order valence-electron chi connectivity index (χ2n) is 3.44. The van der Waals surface area contributed by atoms with Gasteiger partial charge in [-0.1, -0.05) is 0 Å². The Balaban J connectivity index is 2.79. The van der Waals surface area contributed by atoms with E-state index in [1.807, 2.05) is 0 Å². The van der Waals surface area contributed by atoms with E-state index in [0.29, 0.717) is 0 Å². The van der Waals surface area contributed by atoms with Gasteiger partial charge in [-0.25, -0.2) is 13.2 Å². The molecule has 2 rings (SSSR count). The minimum atomic E-state index is -1.40. The highest BCUT2D eigenvalue weighted by Gasteiger charge is 2.22. The molecule has 17 heavy (non-hydrogen) atoms. The standard InChI is InChI=1S/C10H8F3N3O/c1-16-10(14)4(3-15-16)7-8(13)5(11)2-6(12)9(7)17/h2-3,17H,14H2,1H3. The molecule has 7 heteroatoms. The minimum absolute atomic E-state index is 0.01000. The van der Waals surface area contributed by atoms with Gasteiger partial charge in [-0.05, 0) is 0 Å². The number of anilines is 1. The summed E-state index contributed by atoms with van der Waals surface area (Å²) in [7, 11) is 1.48. The fourth-order valence-electron chi connectivity index (χ4n) is 1.47. The Morgan fingerprint density at radius 2 is 1.94 bits per heavy atom. The number of hydrogen-bond donors (Lipinski definition) is 2. The molecule has 0 aliphatic carbocycles. The largest absolute Gasteiger partial charge is 0.504 e. The molecule has 0 unspecified atom stereocenters. The first-order chi connectivity index (χ1) is 7.93. The van der Waals surface area contributed by atoms with E-state index in [1.54, 1.807) is 0 Å². The fraction of sp³-hybridized carbons (Fsp3) is 0.100. The predicted molar refractivity (Wildman–Crippen MR) is 54.6 cm³/mol. The maximum Gasteiger partial charge on any atom is 0.170 e. The molecule has 2 aromatic rings. The van der Waals surface area contributed by atoms with E-state index in [0.717, 1.165) is 6.20 Å². The number of hydrogen-bond acceptors (Lipinski definition) is 3. The van der Waals surface area contributed by atoms with Crippen molar-refractivity contribution in [2.45, 2.75) is 0 Å². The van der Waals surface area contributed by atoms with Gasteiger partial charge in [-0.15, -0.1) is 0 Å². The van der Waals surface area contributed by atoms with Crippen LogP contribution < -0.4 is 5.73 Å². The molecule has 1 heterocycles. The zero-order valence-corrected chi connectivity index (χ0v) is 8.71. The van der Waals surface area contributed by atoms with Crippen LogP contribution in [0.4, 0.5) is 19.0 Å². The van der Waals surface area contributed by atoms with Crippen molar-refractivity contribution < 1.29 is 18.3 Å². The maximum absolute atomic E-state index is 13.5. The lowest BCUT2D eigenvalue weighted by molar-refractivity contribution is 0.416. The zero-order valence-electron chi connectivity index (χ0n) is 8.71. The third-order valence-electron chi connectivity index (χ3n) is 2.40. The van der Waals surface area contributed by atoms with Crippen LogP contribution in [0.15, 0.2) is 12.3 Å². The second kappa shape index (κ2) is 3.69. The van der Waals surface area contributed by atoms with Crippen molar-refractivity contribution in [1.29, 1.82) is 0 Å². The third-order valence-corrected chi connectivity index (χ3v) is 2.40. The van der Waals surface area contributed by atoms with E-state index in [-0.39, 0.29) is 17.4 Å². The van der Waals surface area contributed by atoms with Crippen LogP contribution in [0.5, 0.6) is 5.75 Å². The lowest BCUT2D eigenvalue weighted by Gasteiger charge is -2.07. The van der Waals surface area contributed by atoms with E-state index in [2.05, 4.69) is 5.10 Å². The van der Waals surface area contributed by atoms with Crippen molar-refractivity contribution in [2.24, 2.45) is 7.05 Å². The first-order valence-corrected chi connectivity index (χ1v) is 4.57. The van der Waals surface area contributed by atoms with E-state index in [9.17, 15) is 18.3 Å². The molecule has 0 bridgehead atoms. The van der Waals surface area contributed by atoms with Crippen LogP contribution in [0.1, 0.15) is 0 Å². The summed E-state index contributed by atoms with van der Waals surface area (Å²) in [5.41, 5.74) is 4.85. The quantitative estimate of drug-likeness (QED) is 0.750. The Morgan fingerprint density at radius 3 is 2.47 bits per heavy atom. The van der Waals surface area contributed by atoms with E-state index in [4.69, 9.17) is 5.73 Å². The van der Waals surface area contributed by atoms with Gasteiger partial charge in [0.25, 0.3) is 0 Å². The fourth-order valence-corrected chi connectivity index (χ4v) is 1.47. The monoisotopic (exact) mass is 243 g/mol. The van der Waals surface area contributed by atoms with Crippen molar-refractivity contribution in [2.75, 3.05) is 5.73 Å². The number of rotatable bonds is 1. The van der Waals surface area contributed by atoms with Gasteiger partial charge < -0.3 is 10.8 Å². The highest BCUT2D eigenvalue weighted by molar-refractivity contribution is 5.78. The Bertz CT molecular complexity index is 569. The first-order valence-electron chi connectivity index (χ1n) is 4.57. The number of aryl methyl sites for hydroxylation is 1. The maximum atomic E-state index is 13.5. The van der Waals surface area contributed by atoms with Crippen LogP contribution in [0, 0.1) is 17.5 Å². The molecular formula is C10H8F3N3O. The first kappa shape index (κ1) is 11.3. The predicted octanol–water partition coefficient (Wildman–Crippen LogP) is 1.79. The smallest absolute Gasteiger partial charge is 0.170 e. The number of nitrogen functional groups attached to an aromatic ring is 1. The Hall–Kier alpha value is -2.18. The minimum Gasteiger partial charge on any atom is -0.504 e. The van der Waals surface area contributed by atoms with E-state index < -0.39 is 28.8 Å². The molecule has 0 fully saturated rings. The molecule has 0 aliphatic rings. The molecule has 0 amide bonds. The molecule has 0 saturated carbocycles. The summed E-state index contributed by atoms with van der Waals surface area (Å²) in [5, 5.41) is 13.1. The van der Waals surface area contributed by atoms with Crippen LogP contribution in [0.25, 0.3) is 11.1 Å². The number of benzene rings is 1. The van der Waals surface area contributed by atoms with Crippen LogP contribution >= 0.6 is 0 Å². The average Bonchev–Trinajstić information content (AvgIpc) is 2.59. The molecule has 90 valence electrons. The SMILES string of the molecule is Cn1ncc(-c2c(O)c(F)cc(F)c2F)c1N. The molecule has 0 spiro atoms. The Kier molecular flexibility index (Phi) is 2.45. The van der Waals surface area contributed by atoms with Gasteiger partial charge >= 0.3 is 0 Å². The summed E-state index contributed by atoms with van der Waals surface area (Å²) in [6.45, 7) is 0. The number of phenols is 1. The van der Waals surface area contributed by atoms with Crippen LogP contribution in [0.3, 0.4) is 0 Å². The highest BCUT2D eigenvalue weighted by atomic mass is 19.2. The van der Waals surface area contributed by atoms with Crippen molar-refractivity contribution in [1.82, 2.24) is 9.78 Å². The van der Waals surface area contributed by atoms with Gasteiger partial charge in [0, 0.05) is 13.1 Å². The van der Waals surface area contributed by atoms with Gasteiger partial charge in [-0.3, -0.25) is 4.68 Å². The summed E-state index contributed by atoms with van der Waals surface area (Å²) in [6.07, 6.45) is 1.12. The van der Waals surface area contributed by atoms with Gasteiger partial charge in [0.05, 0.1) is 17.3 Å². The van der Waals surface area contributed by atoms with E-state index in [1.165, 1.54) is 11.7 Å². The van der Waals surface area contributed by atoms with Crippen molar-refractivity contribution >= 4 is 5.82 Å². The van der Waals surface area contributed by atoms with Crippen LogP contribution in [-0.4, -0.2) is 14.9 Å². The number of aromatic nitrogens is 2. The van der Waals surface area contributed by atoms with Crippen LogP contribution in [0.2, 0.25) is 0 Å². The molecule has 1 aromatic carbocycles. The van der Waals surface area contributed by atoms with Gasteiger partial charge in [-0.2, -0.15) is 5.10 Å². The molecule has 0 aliphatic heterocycles. The molecule has 0 radical (unpaired) electrons. The average molecular weight is 243 g/mol. The lowest BCUT2D eigenvalue weighted by atomic mass is 10.1. The van der Waals surface area contributed by atoms with Gasteiger partial charge in [0.2, 0.25) is 0 Å². The summed E-state index contributed by atoms with van der Waals surface area (Å²) >= 11 is 0. The Labute approximate surface area is 94.1 Å². The number of halogens is 3. The van der Waals surface area contributed by atoms with Crippen molar-refractivity contribution in [3.8, 4) is 16.9 Å². The molecule has 1 aromatic heterocycles. The topological polar surface area (TPSA) is 64.1 Å². The normalized spacial score (nSPS) is 10.8. The summed E-state index contributed by atoms with van der Waals surface area (Å²) in [4.78, 5) is 0. The highest BCUT2D eigenvalue weighted by Crippen LogP contribution is 2.37. The Morgan fingerprint density at radius 1 is 1.29 bits per heavy atom. The van der Waals surface area contributed by atoms with Gasteiger partial charge in [0.1, 0.15) is 5.82 Å². The van der Waals surface area contributed by atoms with E-state index >= 15 is 0 Å². The summed E-state index contributed by atoms with van der Waals surface area (Å²) < 4.78 is 40.9. The van der Waals surface area contributed by atoms with Crippen molar-refractivity contribution in [3.63, 3.8) is 0 Å². The third kappa shape index (κ3) is 1.59. The number of nitrogens with two attached hydrogens (primary N) is 1. The summed E-state index contributed by atoms with van der Waals surface area (Å²) in [6, 6.07) is 0.265. The number of phenolic OH excluding ortho intramolecular Hbond substituents is 1. The molecule has 0 atom stereocenters. The molecular weight excluding hydrogens is 235 g/mol. The second-order valence-corrected chi connectivity index (χ2v) is 3.44. The van der Waals surface area contributed by atoms with Crippen molar-refractivity contribution in [3.05, 3.63) is 29.7 Å². The molecule has 3 N–H and O–H groups in total. The summed E-state index contributed by atoms with van der Waals surface area (Å²) in [5.74, 6) is -5.04.